The molecule has 1 aliphatic heterocycles. The van der Waals surface area contributed by atoms with Gasteiger partial charge in [0.25, 0.3) is 11.8 Å². The maximum atomic E-state index is 12.9. The van der Waals surface area contributed by atoms with Crippen molar-refractivity contribution in [2.45, 2.75) is 32.6 Å². The molecule has 25 heavy (non-hydrogen) atoms. The highest BCUT2D eigenvalue weighted by atomic mass is 16.5. The average molecular weight is 352 g/mol. The van der Waals surface area contributed by atoms with E-state index in [1.54, 1.807) is 24.9 Å². The summed E-state index contributed by atoms with van der Waals surface area (Å²) in [5, 5.41) is 7.40. The maximum absolute atomic E-state index is 12.9. The molecule has 1 aromatic heterocycles. The van der Waals surface area contributed by atoms with Gasteiger partial charge in [0.05, 0.1) is 18.9 Å². The topological polar surface area (TPSA) is 76.9 Å². The van der Waals surface area contributed by atoms with E-state index < -0.39 is 0 Å². The summed E-state index contributed by atoms with van der Waals surface area (Å²) in [6, 6.07) is 1.80. The van der Waals surface area contributed by atoms with Gasteiger partial charge in [0.1, 0.15) is 12.3 Å². The molecule has 8 nitrogen and oxygen atoms in total. The Balaban J connectivity index is 2.07. The quantitative estimate of drug-likeness (QED) is 0.713. The fourth-order valence-electron chi connectivity index (χ4n) is 2.62. The molecule has 0 radical (unpaired) electrons. The lowest BCUT2D eigenvalue weighted by atomic mass is 9.92. The molecule has 140 valence electrons. The van der Waals surface area contributed by atoms with Gasteiger partial charge in [-0.15, -0.1) is 0 Å². The highest BCUT2D eigenvalue weighted by molar-refractivity contribution is 5.94. The molecule has 1 fully saturated rings. The molecule has 8 heteroatoms. The van der Waals surface area contributed by atoms with Crippen LogP contribution in [-0.4, -0.2) is 71.6 Å². The molecule has 1 saturated heterocycles. The van der Waals surface area contributed by atoms with Crippen LogP contribution in [0.5, 0.6) is 0 Å². The standard InChI is InChI=1S/C17H28N4O4/c1-17(2,3)14-11-13(19(4)18-14)16(23)21-8-6-7-20(21)15(22)12-25-10-9-24-5/h11H,6-10,12H2,1-5H3. The van der Waals surface area contributed by atoms with Gasteiger partial charge in [-0.1, -0.05) is 20.8 Å². The van der Waals surface area contributed by atoms with E-state index in [9.17, 15) is 9.59 Å². The smallest absolute Gasteiger partial charge is 0.290 e. The molecule has 2 rings (SSSR count). The number of amides is 2. The summed E-state index contributed by atoms with van der Waals surface area (Å²) in [6.45, 7) is 7.89. The first kappa shape index (κ1) is 19.4. The molecule has 0 saturated carbocycles. The molecule has 0 N–H and O–H groups in total. The highest BCUT2D eigenvalue weighted by Crippen LogP contribution is 2.23. The van der Waals surface area contributed by atoms with Crippen molar-refractivity contribution in [2.75, 3.05) is 40.0 Å². The van der Waals surface area contributed by atoms with Crippen molar-refractivity contribution in [3.05, 3.63) is 17.5 Å². The zero-order valence-corrected chi connectivity index (χ0v) is 15.7. The van der Waals surface area contributed by atoms with Gasteiger partial charge in [-0.05, 0) is 12.5 Å². The van der Waals surface area contributed by atoms with Crippen LogP contribution in [0.3, 0.4) is 0 Å². The predicted molar refractivity (Wildman–Crippen MR) is 92.0 cm³/mol. The van der Waals surface area contributed by atoms with Gasteiger partial charge in [-0.25, -0.2) is 10.0 Å². The van der Waals surface area contributed by atoms with Crippen LogP contribution in [0.2, 0.25) is 0 Å². The number of rotatable bonds is 6. The fraction of sp³-hybridized carbons (Fsp3) is 0.706. The first-order valence-electron chi connectivity index (χ1n) is 8.49. The van der Waals surface area contributed by atoms with Crippen LogP contribution in [0, 0.1) is 0 Å². The number of aromatic nitrogens is 2. The fourth-order valence-corrected chi connectivity index (χ4v) is 2.62. The average Bonchev–Trinajstić information content (AvgIpc) is 3.17. The third kappa shape index (κ3) is 4.58. The van der Waals surface area contributed by atoms with Crippen LogP contribution >= 0.6 is 0 Å². The molecule has 1 aromatic rings. The third-order valence-electron chi connectivity index (χ3n) is 4.08. The highest BCUT2D eigenvalue weighted by Gasteiger charge is 2.33. The Labute approximate surface area is 148 Å². The number of aryl methyl sites for hydroxylation is 1. The van der Waals surface area contributed by atoms with E-state index in [4.69, 9.17) is 9.47 Å². The molecule has 1 aliphatic rings. The lowest BCUT2D eigenvalue weighted by Gasteiger charge is -2.27. The second-order valence-electron chi connectivity index (χ2n) is 7.13. The number of nitrogens with zero attached hydrogens (tertiary/aromatic N) is 4. The molecule has 0 unspecified atom stereocenters. The van der Waals surface area contributed by atoms with Crippen LogP contribution in [-0.2, 0) is 26.7 Å². The minimum atomic E-state index is -0.222. The Bertz CT molecular complexity index is 621. The summed E-state index contributed by atoms with van der Waals surface area (Å²) in [5.74, 6) is -0.437. The zero-order chi connectivity index (χ0) is 18.6. The van der Waals surface area contributed by atoms with Gasteiger partial charge in [0.2, 0.25) is 0 Å². The number of carbonyl (C=O) groups is 2. The van der Waals surface area contributed by atoms with Crippen molar-refractivity contribution >= 4 is 11.8 Å². The van der Waals surface area contributed by atoms with E-state index in [-0.39, 0.29) is 23.8 Å². The monoisotopic (exact) mass is 352 g/mol. The largest absolute Gasteiger partial charge is 0.382 e. The van der Waals surface area contributed by atoms with Crippen LogP contribution in [0.1, 0.15) is 43.4 Å². The second-order valence-corrected chi connectivity index (χ2v) is 7.13. The first-order chi connectivity index (χ1) is 11.8. The maximum Gasteiger partial charge on any atom is 0.290 e. The Morgan fingerprint density at radius 3 is 2.48 bits per heavy atom. The molecule has 0 spiro atoms. The van der Waals surface area contributed by atoms with E-state index in [2.05, 4.69) is 5.10 Å². The van der Waals surface area contributed by atoms with Crippen molar-refractivity contribution in [1.82, 2.24) is 19.8 Å². The van der Waals surface area contributed by atoms with Gasteiger partial charge in [0.15, 0.2) is 0 Å². The summed E-state index contributed by atoms with van der Waals surface area (Å²) in [4.78, 5) is 25.3. The summed E-state index contributed by atoms with van der Waals surface area (Å²) < 4.78 is 11.8. The lowest BCUT2D eigenvalue weighted by molar-refractivity contribution is -0.146. The number of methoxy groups -OCH3 is 1. The van der Waals surface area contributed by atoms with Crippen molar-refractivity contribution < 1.29 is 19.1 Å². The van der Waals surface area contributed by atoms with Crippen molar-refractivity contribution in [3.8, 4) is 0 Å². The van der Waals surface area contributed by atoms with E-state index in [1.807, 2.05) is 20.8 Å². The minimum Gasteiger partial charge on any atom is -0.382 e. The van der Waals surface area contributed by atoms with Crippen molar-refractivity contribution in [3.63, 3.8) is 0 Å². The number of ether oxygens (including phenoxy) is 2. The molecule has 2 amide bonds. The molecule has 0 aliphatic carbocycles. The Kier molecular flexibility index (Phi) is 6.18. The zero-order valence-electron chi connectivity index (χ0n) is 15.7. The van der Waals surface area contributed by atoms with Crippen LogP contribution in [0.15, 0.2) is 6.07 Å². The van der Waals surface area contributed by atoms with Gasteiger partial charge >= 0.3 is 0 Å². The van der Waals surface area contributed by atoms with E-state index >= 15 is 0 Å². The lowest BCUT2D eigenvalue weighted by Crippen LogP contribution is -2.46. The summed E-state index contributed by atoms with van der Waals surface area (Å²) in [7, 11) is 3.32. The van der Waals surface area contributed by atoms with Gasteiger partial charge in [-0.2, -0.15) is 5.10 Å². The van der Waals surface area contributed by atoms with Crippen molar-refractivity contribution in [1.29, 1.82) is 0 Å². The van der Waals surface area contributed by atoms with Crippen LogP contribution in [0.4, 0.5) is 0 Å². The minimum absolute atomic E-state index is 0.0637. The second kappa shape index (κ2) is 7.97. The van der Waals surface area contributed by atoms with Crippen molar-refractivity contribution in [2.24, 2.45) is 7.05 Å². The Morgan fingerprint density at radius 2 is 1.88 bits per heavy atom. The molecule has 0 aromatic carbocycles. The van der Waals surface area contributed by atoms with Gasteiger partial charge < -0.3 is 9.47 Å². The number of carbonyl (C=O) groups excluding carboxylic acids is 2. The summed E-state index contributed by atoms with van der Waals surface area (Å²) in [6.07, 6.45) is 0.750. The first-order valence-corrected chi connectivity index (χ1v) is 8.49. The molecule has 2 heterocycles. The predicted octanol–water partition coefficient (Wildman–Crippen LogP) is 0.970. The Morgan fingerprint density at radius 1 is 1.20 bits per heavy atom. The molecule has 0 atom stereocenters. The van der Waals surface area contributed by atoms with E-state index in [0.717, 1.165) is 12.1 Å². The number of hydrazine groups is 1. The van der Waals surface area contributed by atoms with Gasteiger partial charge in [0, 0.05) is 32.7 Å². The van der Waals surface area contributed by atoms with E-state index in [1.165, 1.54) is 10.0 Å². The normalized spacial score (nSPS) is 15.1. The number of hydrogen-bond donors (Lipinski definition) is 0. The molecule has 0 bridgehead atoms. The molecular weight excluding hydrogens is 324 g/mol. The summed E-state index contributed by atoms with van der Waals surface area (Å²) >= 11 is 0. The number of hydrogen-bond acceptors (Lipinski definition) is 5. The third-order valence-corrected chi connectivity index (χ3v) is 4.08. The molecular formula is C17H28N4O4. The van der Waals surface area contributed by atoms with Crippen LogP contribution in [0.25, 0.3) is 0 Å². The SMILES string of the molecule is COCCOCC(=O)N1CCCN1C(=O)c1cc(C(C)(C)C)nn1C. The van der Waals surface area contributed by atoms with E-state index in [0.29, 0.717) is 32.0 Å². The van der Waals surface area contributed by atoms with Crippen LogP contribution < -0.4 is 0 Å². The Hall–Kier alpha value is -1.93. The van der Waals surface area contributed by atoms with Gasteiger partial charge in [-0.3, -0.25) is 14.3 Å². The summed E-state index contributed by atoms with van der Waals surface area (Å²) in [5.41, 5.74) is 1.18.